The Morgan fingerprint density at radius 2 is 1.41 bits per heavy atom. The van der Waals surface area contributed by atoms with Crippen molar-refractivity contribution in [3.05, 3.63) is 90.5 Å². The smallest absolute Gasteiger partial charge is 0.251 e. The topological polar surface area (TPSA) is 84.0 Å². The van der Waals surface area contributed by atoms with Gasteiger partial charge in [0.15, 0.2) is 0 Å². The normalized spacial score (nSPS) is 12.5. The Morgan fingerprint density at radius 3 is 2.03 bits per heavy atom. The van der Waals surface area contributed by atoms with E-state index >= 15 is 0 Å². The molecule has 7 heteroatoms. The van der Waals surface area contributed by atoms with Crippen LogP contribution in [0, 0.1) is 5.92 Å². The summed E-state index contributed by atoms with van der Waals surface area (Å²) in [4.78, 5) is 26.0. The summed E-state index contributed by atoms with van der Waals surface area (Å²) < 4.78 is 0. The molecular weight excluding hydrogens is 444 g/mol. The highest BCUT2D eigenvalue weighted by Gasteiger charge is 2.27. The van der Waals surface area contributed by atoms with Crippen LogP contribution in [0.15, 0.2) is 84.9 Å². The highest BCUT2D eigenvalue weighted by Crippen LogP contribution is 2.26. The predicted molar refractivity (Wildman–Crippen MR) is 137 cm³/mol. The monoisotopic (exact) mass is 470 g/mol. The summed E-state index contributed by atoms with van der Waals surface area (Å²) in [6, 6.07) is 26.3. The Morgan fingerprint density at radius 1 is 0.824 bits per heavy atom. The van der Waals surface area contributed by atoms with Crippen molar-refractivity contribution in [2.24, 2.45) is 5.92 Å². The lowest BCUT2D eigenvalue weighted by molar-refractivity contribution is -0.119. The van der Waals surface area contributed by atoms with E-state index in [1.165, 1.54) is 11.3 Å². The second-order valence-corrected chi connectivity index (χ2v) is 9.03. The van der Waals surface area contributed by atoms with Gasteiger partial charge in [0, 0.05) is 11.1 Å². The zero-order valence-electron chi connectivity index (χ0n) is 19.1. The quantitative estimate of drug-likeness (QED) is 0.348. The van der Waals surface area contributed by atoms with E-state index in [0.717, 1.165) is 28.1 Å². The van der Waals surface area contributed by atoms with E-state index < -0.39 is 6.04 Å². The standard InChI is InChI=1S/C27H26N4O2S/c1-3-18(2)23(25(33)29-27-31-30-26(34-27)22-12-8-5-9-13-22)28-24(32)21-16-14-20(15-17-21)19-10-6-4-7-11-19/h4-18,23H,3H2,1-2H3,(H,28,32)(H,29,31,33)/t18-,23+/m1/s1. The molecule has 6 nitrogen and oxygen atoms in total. The van der Waals surface area contributed by atoms with E-state index in [2.05, 4.69) is 20.8 Å². The van der Waals surface area contributed by atoms with E-state index in [0.29, 0.717) is 10.7 Å². The maximum Gasteiger partial charge on any atom is 0.251 e. The molecular formula is C27H26N4O2S. The van der Waals surface area contributed by atoms with Gasteiger partial charge in [-0.3, -0.25) is 14.9 Å². The molecule has 0 aliphatic heterocycles. The molecule has 1 aromatic heterocycles. The number of hydrogen-bond donors (Lipinski definition) is 2. The third kappa shape index (κ3) is 5.55. The molecule has 2 atom stereocenters. The minimum absolute atomic E-state index is 0.0611. The molecule has 34 heavy (non-hydrogen) atoms. The van der Waals surface area contributed by atoms with Crippen LogP contribution in [0.2, 0.25) is 0 Å². The largest absolute Gasteiger partial charge is 0.340 e. The van der Waals surface area contributed by atoms with Crippen LogP contribution in [0.5, 0.6) is 0 Å². The van der Waals surface area contributed by atoms with E-state index in [9.17, 15) is 9.59 Å². The van der Waals surface area contributed by atoms with E-state index in [1.54, 1.807) is 12.1 Å². The first-order valence-electron chi connectivity index (χ1n) is 11.2. The van der Waals surface area contributed by atoms with Gasteiger partial charge in [-0.05, 0) is 29.2 Å². The summed E-state index contributed by atoms with van der Waals surface area (Å²) in [5.41, 5.74) is 3.55. The Balaban J connectivity index is 1.45. The number of nitrogens with one attached hydrogen (secondary N) is 2. The molecule has 0 bridgehead atoms. The molecule has 2 N–H and O–H groups in total. The fourth-order valence-corrected chi connectivity index (χ4v) is 4.28. The number of rotatable bonds is 8. The van der Waals surface area contributed by atoms with Crippen molar-refractivity contribution < 1.29 is 9.59 Å². The Kier molecular flexibility index (Phi) is 7.44. The Labute approximate surface area is 203 Å². The fraction of sp³-hybridized carbons (Fsp3) is 0.185. The number of aromatic nitrogens is 2. The van der Waals surface area contributed by atoms with Crippen molar-refractivity contribution in [1.82, 2.24) is 15.5 Å². The maximum atomic E-state index is 13.1. The van der Waals surface area contributed by atoms with Crippen molar-refractivity contribution in [2.75, 3.05) is 5.32 Å². The van der Waals surface area contributed by atoms with Gasteiger partial charge in [0.2, 0.25) is 11.0 Å². The lowest BCUT2D eigenvalue weighted by Gasteiger charge is -2.23. The summed E-state index contributed by atoms with van der Waals surface area (Å²) in [5, 5.41) is 15.1. The molecule has 0 spiro atoms. The molecule has 0 saturated carbocycles. The molecule has 0 radical (unpaired) electrons. The molecule has 4 rings (SSSR count). The third-order valence-corrected chi connectivity index (χ3v) is 6.60. The number of carbonyl (C=O) groups excluding carboxylic acids is 2. The first-order valence-corrected chi connectivity index (χ1v) is 12.0. The van der Waals surface area contributed by atoms with Gasteiger partial charge in [-0.2, -0.15) is 0 Å². The second-order valence-electron chi connectivity index (χ2n) is 8.05. The Bertz CT molecular complexity index is 1240. The molecule has 0 aliphatic rings. The molecule has 0 saturated heterocycles. The molecule has 4 aromatic rings. The number of hydrogen-bond acceptors (Lipinski definition) is 5. The van der Waals surface area contributed by atoms with Gasteiger partial charge in [-0.15, -0.1) is 10.2 Å². The molecule has 0 aliphatic carbocycles. The first-order chi connectivity index (χ1) is 16.5. The molecule has 0 fully saturated rings. The zero-order chi connectivity index (χ0) is 23.9. The zero-order valence-corrected chi connectivity index (χ0v) is 19.9. The maximum absolute atomic E-state index is 13.1. The van der Waals surface area contributed by atoms with Gasteiger partial charge in [0.1, 0.15) is 11.0 Å². The van der Waals surface area contributed by atoms with Gasteiger partial charge in [-0.25, -0.2) is 0 Å². The van der Waals surface area contributed by atoms with Crippen LogP contribution in [0.25, 0.3) is 21.7 Å². The van der Waals surface area contributed by atoms with E-state index in [1.807, 2.05) is 86.6 Å². The minimum Gasteiger partial charge on any atom is -0.340 e. The van der Waals surface area contributed by atoms with Crippen molar-refractivity contribution in [1.29, 1.82) is 0 Å². The second kappa shape index (κ2) is 10.9. The summed E-state index contributed by atoms with van der Waals surface area (Å²) >= 11 is 1.30. The van der Waals surface area contributed by atoms with Crippen LogP contribution in [-0.2, 0) is 4.79 Å². The van der Waals surface area contributed by atoms with Gasteiger partial charge < -0.3 is 5.32 Å². The first kappa shape index (κ1) is 23.3. The van der Waals surface area contributed by atoms with E-state index in [-0.39, 0.29) is 17.7 Å². The predicted octanol–water partition coefficient (Wildman–Crippen LogP) is 5.66. The number of carbonyl (C=O) groups is 2. The highest BCUT2D eigenvalue weighted by molar-refractivity contribution is 7.18. The number of nitrogens with zero attached hydrogens (tertiary/aromatic N) is 2. The van der Waals surface area contributed by atoms with Crippen LogP contribution in [0.1, 0.15) is 30.6 Å². The van der Waals surface area contributed by atoms with Crippen LogP contribution in [-0.4, -0.2) is 28.1 Å². The molecule has 172 valence electrons. The van der Waals surface area contributed by atoms with Crippen LogP contribution in [0.4, 0.5) is 5.13 Å². The fourth-order valence-electron chi connectivity index (χ4n) is 3.53. The Hall–Kier alpha value is -3.84. The SMILES string of the molecule is CC[C@@H](C)[C@H](NC(=O)c1ccc(-c2ccccc2)cc1)C(=O)Nc1nnc(-c2ccccc2)s1. The van der Waals surface area contributed by atoms with Crippen molar-refractivity contribution in [2.45, 2.75) is 26.3 Å². The van der Waals surface area contributed by atoms with E-state index in [4.69, 9.17) is 0 Å². The summed E-state index contributed by atoms with van der Waals surface area (Å²) in [6.07, 6.45) is 0.733. The van der Waals surface area contributed by atoms with Gasteiger partial charge in [0.25, 0.3) is 5.91 Å². The molecule has 2 amide bonds. The van der Waals surface area contributed by atoms with Crippen molar-refractivity contribution >= 4 is 28.3 Å². The van der Waals surface area contributed by atoms with Crippen molar-refractivity contribution in [3.63, 3.8) is 0 Å². The van der Waals surface area contributed by atoms with Gasteiger partial charge in [0.05, 0.1) is 0 Å². The summed E-state index contributed by atoms with van der Waals surface area (Å²) in [6.45, 7) is 3.93. The number of anilines is 1. The minimum atomic E-state index is -0.699. The lowest BCUT2D eigenvalue weighted by atomic mass is 9.97. The lowest BCUT2D eigenvalue weighted by Crippen LogP contribution is -2.47. The molecule has 1 heterocycles. The third-order valence-electron chi connectivity index (χ3n) is 5.71. The average molecular weight is 471 g/mol. The van der Waals surface area contributed by atoms with Gasteiger partial charge in [-0.1, -0.05) is 104 Å². The van der Waals surface area contributed by atoms with Gasteiger partial charge >= 0.3 is 0 Å². The molecule has 3 aromatic carbocycles. The van der Waals surface area contributed by atoms with Crippen molar-refractivity contribution in [3.8, 4) is 21.7 Å². The van der Waals surface area contributed by atoms with Crippen LogP contribution >= 0.6 is 11.3 Å². The highest BCUT2D eigenvalue weighted by atomic mass is 32.1. The molecule has 0 unspecified atom stereocenters. The summed E-state index contributed by atoms with van der Waals surface area (Å²) in [5.74, 6) is -0.657. The van der Waals surface area contributed by atoms with Crippen LogP contribution in [0.3, 0.4) is 0 Å². The number of benzene rings is 3. The average Bonchev–Trinajstić information content (AvgIpc) is 3.36. The summed E-state index contributed by atoms with van der Waals surface area (Å²) in [7, 11) is 0. The van der Waals surface area contributed by atoms with Crippen LogP contribution < -0.4 is 10.6 Å². The number of amides is 2.